The van der Waals surface area contributed by atoms with E-state index in [1.165, 1.54) is 0 Å². The molecule has 1 amide bonds. The number of benzene rings is 2. The van der Waals surface area contributed by atoms with Gasteiger partial charge in [-0.05, 0) is 67.6 Å². The largest absolute Gasteiger partial charge is 0.497 e. The van der Waals surface area contributed by atoms with Crippen molar-refractivity contribution in [3.05, 3.63) is 53.6 Å². The summed E-state index contributed by atoms with van der Waals surface area (Å²) < 4.78 is 38.2. The maximum atomic E-state index is 13.0. The first-order valence-corrected chi connectivity index (χ1v) is 12.4. The predicted octanol–water partition coefficient (Wildman–Crippen LogP) is 3.69. The van der Waals surface area contributed by atoms with Crippen molar-refractivity contribution in [2.75, 3.05) is 27.3 Å². The molecule has 174 valence electrons. The third-order valence-electron chi connectivity index (χ3n) is 5.82. The molecule has 2 aromatic carbocycles. The molecule has 0 saturated carbocycles. The van der Waals surface area contributed by atoms with E-state index < -0.39 is 10.0 Å². The molecular weight excluding hydrogens is 428 g/mol. The lowest BCUT2D eigenvalue weighted by atomic mass is 10.1. The monoisotopic (exact) mass is 460 g/mol. The zero-order valence-corrected chi connectivity index (χ0v) is 19.8. The molecule has 1 atom stereocenters. The van der Waals surface area contributed by atoms with Crippen molar-refractivity contribution in [1.29, 1.82) is 0 Å². The van der Waals surface area contributed by atoms with Crippen molar-refractivity contribution in [1.82, 2.24) is 9.62 Å². The molecule has 0 radical (unpaired) electrons. The van der Waals surface area contributed by atoms with Gasteiger partial charge in [-0.2, -0.15) is 4.31 Å². The van der Waals surface area contributed by atoms with Crippen LogP contribution in [-0.2, 0) is 21.2 Å². The van der Waals surface area contributed by atoms with Gasteiger partial charge in [0.1, 0.15) is 11.5 Å². The fourth-order valence-electron chi connectivity index (χ4n) is 3.90. The third-order valence-corrected chi connectivity index (χ3v) is 7.71. The summed E-state index contributed by atoms with van der Waals surface area (Å²) in [5.41, 5.74) is 1.68. The van der Waals surface area contributed by atoms with E-state index in [0.29, 0.717) is 30.8 Å². The molecule has 1 N–H and O–H groups in total. The first kappa shape index (κ1) is 24.1. The number of nitrogens with zero attached hydrogens (tertiary/aromatic N) is 1. The summed E-state index contributed by atoms with van der Waals surface area (Å²) in [5.74, 6) is 1.23. The number of nitrogens with one attached hydrogen (secondary N) is 1. The van der Waals surface area contributed by atoms with Crippen LogP contribution in [0.3, 0.4) is 0 Å². The molecule has 0 spiro atoms. The van der Waals surface area contributed by atoms with E-state index in [-0.39, 0.29) is 23.3 Å². The van der Waals surface area contributed by atoms with E-state index in [4.69, 9.17) is 9.47 Å². The quantitative estimate of drug-likeness (QED) is 0.617. The summed E-state index contributed by atoms with van der Waals surface area (Å²) in [7, 11) is -0.384. The molecule has 1 fully saturated rings. The van der Waals surface area contributed by atoms with Crippen LogP contribution < -0.4 is 14.8 Å². The van der Waals surface area contributed by atoms with Crippen LogP contribution in [0.4, 0.5) is 0 Å². The molecule has 8 heteroatoms. The standard InChI is InChI=1S/C24H32N2O5S/c1-18(19-7-10-21(30-2)11-8-19)25-24(27)14-9-20-17-22(12-13-23(20)31-3)32(28,29)26-15-5-4-6-16-26/h7-8,10-13,17-18H,4-6,9,14-16H2,1-3H3,(H,25,27). The van der Waals surface area contributed by atoms with Gasteiger partial charge in [0.05, 0.1) is 25.2 Å². The van der Waals surface area contributed by atoms with E-state index >= 15 is 0 Å². The second-order valence-electron chi connectivity index (χ2n) is 8.00. The Morgan fingerprint density at radius 3 is 2.34 bits per heavy atom. The van der Waals surface area contributed by atoms with Crippen molar-refractivity contribution >= 4 is 15.9 Å². The molecule has 1 unspecified atom stereocenters. The van der Waals surface area contributed by atoms with Crippen LogP contribution in [0.5, 0.6) is 11.5 Å². The molecule has 32 heavy (non-hydrogen) atoms. The summed E-state index contributed by atoms with van der Waals surface area (Å²) in [6, 6.07) is 12.3. The number of rotatable bonds is 9. The Morgan fingerprint density at radius 1 is 1.03 bits per heavy atom. The molecule has 0 aromatic heterocycles. The zero-order chi connectivity index (χ0) is 23.1. The second kappa shape index (κ2) is 10.8. The first-order valence-electron chi connectivity index (χ1n) is 11.0. The summed E-state index contributed by atoms with van der Waals surface area (Å²) in [6.07, 6.45) is 3.44. The molecular formula is C24H32N2O5S. The van der Waals surface area contributed by atoms with Crippen molar-refractivity contribution in [3.63, 3.8) is 0 Å². The fraction of sp³-hybridized carbons (Fsp3) is 0.458. The van der Waals surface area contributed by atoms with Gasteiger partial charge >= 0.3 is 0 Å². The van der Waals surface area contributed by atoms with E-state index in [1.807, 2.05) is 31.2 Å². The molecule has 0 bridgehead atoms. The van der Waals surface area contributed by atoms with Crippen molar-refractivity contribution in [3.8, 4) is 11.5 Å². The molecule has 0 aliphatic carbocycles. The van der Waals surface area contributed by atoms with Crippen LogP contribution in [0, 0.1) is 0 Å². The number of carbonyl (C=O) groups excluding carboxylic acids is 1. The van der Waals surface area contributed by atoms with Gasteiger partial charge in [-0.15, -0.1) is 0 Å². The Morgan fingerprint density at radius 2 is 1.72 bits per heavy atom. The molecule has 1 heterocycles. The van der Waals surface area contributed by atoms with E-state index in [9.17, 15) is 13.2 Å². The van der Waals surface area contributed by atoms with Gasteiger partial charge in [0.15, 0.2) is 0 Å². The normalized spacial score (nSPS) is 15.7. The average Bonchev–Trinajstić information content (AvgIpc) is 2.83. The van der Waals surface area contributed by atoms with Crippen molar-refractivity contribution in [2.24, 2.45) is 0 Å². The molecule has 1 aliphatic rings. The summed E-state index contributed by atoms with van der Waals surface area (Å²) in [5, 5.41) is 2.99. The van der Waals surface area contributed by atoms with Gasteiger partial charge in [0.25, 0.3) is 0 Å². The molecule has 3 rings (SSSR count). The Hall–Kier alpha value is -2.58. The SMILES string of the molecule is COc1ccc(C(C)NC(=O)CCc2cc(S(=O)(=O)N3CCCCC3)ccc2OC)cc1. The van der Waals surface area contributed by atoms with Crippen LogP contribution in [0.1, 0.15) is 49.8 Å². The highest BCUT2D eigenvalue weighted by atomic mass is 32.2. The van der Waals surface area contributed by atoms with Gasteiger partial charge in [0, 0.05) is 19.5 Å². The van der Waals surface area contributed by atoms with Gasteiger partial charge in [-0.25, -0.2) is 8.42 Å². The van der Waals surface area contributed by atoms with E-state index in [2.05, 4.69) is 5.32 Å². The fourth-order valence-corrected chi connectivity index (χ4v) is 5.47. The second-order valence-corrected chi connectivity index (χ2v) is 9.94. The molecule has 1 saturated heterocycles. The van der Waals surface area contributed by atoms with Crippen LogP contribution in [0.15, 0.2) is 47.4 Å². The summed E-state index contributed by atoms with van der Waals surface area (Å²) in [4.78, 5) is 12.8. The highest BCUT2D eigenvalue weighted by Crippen LogP contribution is 2.27. The number of amides is 1. The van der Waals surface area contributed by atoms with Crippen LogP contribution in [-0.4, -0.2) is 45.9 Å². The van der Waals surface area contributed by atoms with Crippen molar-refractivity contribution < 1.29 is 22.7 Å². The molecule has 2 aromatic rings. The number of hydrogen-bond donors (Lipinski definition) is 1. The predicted molar refractivity (Wildman–Crippen MR) is 123 cm³/mol. The highest BCUT2D eigenvalue weighted by Gasteiger charge is 2.26. The molecule has 7 nitrogen and oxygen atoms in total. The van der Waals surface area contributed by atoms with E-state index in [1.54, 1.807) is 36.7 Å². The maximum Gasteiger partial charge on any atom is 0.243 e. The summed E-state index contributed by atoms with van der Waals surface area (Å²) in [6.45, 7) is 3.02. The third kappa shape index (κ3) is 5.81. The maximum absolute atomic E-state index is 13.0. The zero-order valence-electron chi connectivity index (χ0n) is 19.0. The van der Waals surface area contributed by atoms with Gasteiger partial charge < -0.3 is 14.8 Å². The minimum absolute atomic E-state index is 0.111. The minimum Gasteiger partial charge on any atom is -0.497 e. The number of aryl methyl sites for hydroxylation is 1. The Kier molecular flexibility index (Phi) is 8.15. The van der Waals surface area contributed by atoms with Crippen LogP contribution in [0.25, 0.3) is 0 Å². The number of ether oxygens (including phenoxy) is 2. The lowest BCUT2D eigenvalue weighted by molar-refractivity contribution is -0.121. The Labute approximate surface area is 190 Å². The first-order chi connectivity index (χ1) is 15.3. The topological polar surface area (TPSA) is 84.9 Å². The van der Waals surface area contributed by atoms with Gasteiger partial charge in [0.2, 0.25) is 15.9 Å². The van der Waals surface area contributed by atoms with Crippen molar-refractivity contribution in [2.45, 2.75) is 50.0 Å². The van der Waals surface area contributed by atoms with Gasteiger partial charge in [-0.1, -0.05) is 18.6 Å². The number of carbonyl (C=O) groups is 1. The highest BCUT2D eigenvalue weighted by molar-refractivity contribution is 7.89. The average molecular weight is 461 g/mol. The number of hydrogen-bond acceptors (Lipinski definition) is 5. The Balaban J connectivity index is 1.66. The lowest BCUT2D eigenvalue weighted by Gasteiger charge is -2.26. The summed E-state index contributed by atoms with van der Waals surface area (Å²) >= 11 is 0. The van der Waals surface area contributed by atoms with Crippen LogP contribution in [0.2, 0.25) is 0 Å². The van der Waals surface area contributed by atoms with E-state index in [0.717, 1.165) is 30.6 Å². The smallest absolute Gasteiger partial charge is 0.243 e. The Bertz CT molecular complexity index is 1020. The van der Waals surface area contributed by atoms with Gasteiger partial charge in [-0.3, -0.25) is 4.79 Å². The number of sulfonamides is 1. The lowest BCUT2D eigenvalue weighted by Crippen LogP contribution is -2.35. The minimum atomic E-state index is -3.54. The number of piperidine rings is 1. The van der Waals surface area contributed by atoms with Crippen LogP contribution >= 0.6 is 0 Å². The molecule has 1 aliphatic heterocycles. The number of methoxy groups -OCH3 is 2.